The van der Waals surface area contributed by atoms with Crippen molar-refractivity contribution >= 4 is 45.7 Å². The van der Waals surface area contributed by atoms with Crippen LogP contribution in [0.25, 0.3) is 0 Å². The van der Waals surface area contributed by atoms with Crippen LogP contribution in [0.2, 0.25) is 18.1 Å². The number of rotatable bonds is 15. The van der Waals surface area contributed by atoms with Gasteiger partial charge in [-0.2, -0.15) is 8.61 Å². The maximum Gasteiger partial charge on any atom is 0.303 e. The van der Waals surface area contributed by atoms with Gasteiger partial charge in [0, 0.05) is 32.1 Å². The Hall–Kier alpha value is -4.89. The van der Waals surface area contributed by atoms with Crippen LogP contribution < -0.4 is 0 Å². The predicted molar refractivity (Wildman–Crippen MR) is 220 cm³/mol. The number of para-hydroxylation sites is 2. The zero-order valence-corrected chi connectivity index (χ0v) is 36.1. The second kappa shape index (κ2) is 17.8. The SMILES string of the molecule is CC(=O)O[C@@H]1[C@H](O)[C@@H](N(Cc2ccccc2)S(=O)(=O)c2ccccc2[N+](=O)[O-])C[C@@H](N(Cc2ccccc2)S(=O)(=O)c2ccccc2[N+](=O)[O-])[C@H]1O[Si](C)(C)C(C)(C)C. The summed E-state index contributed by atoms with van der Waals surface area (Å²) in [5.74, 6) is -0.899. The molecule has 1 N–H and O–H groups in total. The summed E-state index contributed by atoms with van der Waals surface area (Å²) < 4.78 is 74.9. The minimum atomic E-state index is -4.95. The van der Waals surface area contributed by atoms with E-state index in [4.69, 9.17) is 9.16 Å². The van der Waals surface area contributed by atoms with Gasteiger partial charge in [0.05, 0.1) is 21.9 Å². The van der Waals surface area contributed by atoms with Crippen molar-refractivity contribution in [1.29, 1.82) is 0 Å². The van der Waals surface area contributed by atoms with E-state index in [0.29, 0.717) is 11.1 Å². The van der Waals surface area contributed by atoms with E-state index in [9.17, 15) is 38.5 Å². The highest BCUT2D eigenvalue weighted by atomic mass is 32.2. The molecular weight excluding hydrogens is 821 g/mol. The van der Waals surface area contributed by atoms with Crippen molar-refractivity contribution in [1.82, 2.24) is 8.61 Å². The van der Waals surface area contributed by atoms with Crippen LogP contribution in [0, 0.1) is 20.2 Å². The van der Waals surface area contributed by atoms with E-state index in [2.05, 4.69) is 0 Å². The summed E-state index contributed by atoms with van der Waals surface area (Å²) in [5.41, 5.74) is -0.606. The van der Waals surface area contributed by atoms with Crippen LogP contribution in [0.15, 0.2) is 119 Å². The van der Waals surface area contributed by atoms with E-state index in [0.717, 1.165) is 39.8 Å². The molecule has 16 nitrogen and oxygen atoms in total. The zero-order chi connectivity index (χ0) is 43.5. The number of nitrogens with zero attached hydrogens (tertiary/aromatic N) is 4. The summed E-state index contributed by atoms with van der Waals surface area (Å²) in [7, 11) is -12.9. The molecule has 316 valence electrons. The molecule has 1 fully saturated rings. The van der Waals surface area contributed by atoms with Crippen molar-refractivity contribution in [2.24, 2.45) is 0 Å². The molecule has 59 heavy (non-hydrogen) atoms. The Bertz CT molecular complexity index is 2380. The summed E-state index contributed by atoms with van der Waals surface area (Å²) in [6.07, 6.45) is -5.58. The van der Waals surface area contributed by atoms with Crippen LogP contribution in [0.5, 0.6) is 0 Å². The Morgan fingerprint density at radius 3 is 1.49 bits per heavy atom. The molecule has 0 heterocycles. The largest absolute Gasteiger partial charge is 0.457 e. The van der Waals surface area contributed by atoms with E-state index >= 15 is 8.42 Å². The molecule has 0 aromatic heterocycles. The first-order valence-corrected chi connectivity index (χ1v) is 24.5. The monoisotopic (exact) mass is 868 g/mol. The average Bonchev–Trinajstić information content (AvgIpc) is 3.18. The fraction of sp³-hybridized carbons (Fsp3) is 0.375. The predicted octanol–water partition coefficient (Wildman–Crippen LogP) is 6.41. The van der Waals surface area contributed by atoms with Gasteiger partial charge >= 0.3 is 5.97 Å². The van der Waals surface area contributed by atoms with Crippen molar-refractivity contribution in [2.75, 3.05) is 0 Å². The quantitative estimate of drug-likeness (QED) is 0.0594. The van der Waals surface area contributed by atoms with Gasteiger partial charge < -0.3 is 14.3 Å². The van der Waals surface area contributed by atoms with Gasteiger partial charge in [-0.1, -0.05) is 106 Å². The third kappa shape index (κ3) is 9.78. The molecule has 0 spiro atoms. The number of carbonyl (C=O) groups is 1. The van der Waals surface area contributed by atoms with Crippen molar-refractivity contribution in [3.8, 4) is 0 Å². The number of benzene rings is 4. The number of esters is 1. The van der Waals surface area contributed by atoms with Gasteiger partial charge in [-0.15, -0.1) is 0 Å². The molecule has 19 heteroatoms. The number of nitro benzene ring substituents is 2. The summed E-state index contributed by atoms with van der Waals surface area (Å²) in [6, 6.07) is 23.0. The van der Waals surface area contributed by atoms with Crippen LogP contribution in [0.4, 0.5) is 11.4 Å². The fourth-order valence-electron chi connectivity index (χ4n) is 6.91. The lowest BCUT2D eigenvalue weighted by molar-refractivity contribution is -0.388. The van der Waals surface area contributed by atoms with Crippen LogP contribution in [0.3, 0.4) is 0 Å². The minimum absolute atomic E-state index is 0.413. The lowest BCUT2D eigenvalue weighted by Gasteiger charge is -2.52. The first-order chi connectivity index (χ1) is 27.6. The molecule has 4 aromatic rings. The van der Waals surface area contributed by atoms with Gasteiger partial charge in [-0.3, -0.25) is 25.0 Å². The second-order valence-electron chi connectivity index (χ2n) is 15.8. The van der Waals surface area contributed by atoms with Crippen molar-refractivity contribution in [2.45, 2.75) is 106 Å². The van der Waals surface area contributed by atoms with Gasteiger partial charge in [0.1, 0.15) is 12.2 Å². The lowest BCUT2D eigenvalue weighted by atomic mass is 9.83. The third-order valence-electron chi connectivity index (χ3n) is 10.9. The highest BCUT2D eigenvalue weighted by Crippen LogP contribution is 2.44. The molecule has 4 aromatic carbocycles. The highest BCUT2D eigenvalue weighted by molar-refractivity contribution is 7.89. The number of nitro groups is 2. The third-order valence-corrected chi connectivity index (χ3v) is 19.2. The van der Waals surface area contributed by atoms with Crippen LogP contribution >= 0.6 is 0 Å². The average molecular weight is 869 g/mol. The van der Waals surface area contributed by atoms with Gasteiger partial charge in [-0.25, -0.2) is 16.8 Å². The topological polar surface area (TPSA) is 217 Å². The molecule has 0 unspecified atom stereocenters. The lowest BCUT2D eigenvalue weighted by Crippen LogP contribution is -2.68. The van der Waals surface area contributed by atoms with Crippen LogP contribution in [0.1, 0.15) is 45.2 Å². The van der Waals surface area contributed by atoms with E-state index in [1.807, 2.05) is 33.9 Å². The van der Waals surface area contributed by atoms with Gasteiger partial charge in [0.2, 0.25) is 0 Å². The molecule has 5 rings (SSSR count). The number of hydrogen-bond donors (Lipinski definition) is 1. The summed E-state index contributed by atoms with van der Waals surface area (Å²) >= 11 is 0. The highest BCUT2D eigenvalue weighted by Gasteiger charge is 2.57. The Kier molecular flexibility index (Phi) is 13.6. The Balaban J connectivity index is 1.84. The number of sulfonamides is 2. The minimum Gasteiger partial charge on any atom is -0.457 e. The first-order valence-electron chi connectivity index (χ1n) is 18.7. The van der Waals surface area contributed by atoms with Crippen molar-refractivity contribution < 1.29 is 45.7 Å². The molecule has 0 amide bonds. The smallest absolute Gasteiger partial charge is 0.303 e. The molecule has 1 aliphatic carbocycles. The molecule has 0 bridgehead atoms. The number of aliphatic hydroxyl groups is 1. The maximum absolute atomic E-state index is 15.2. The summed E-state index contributed by atoms with van der Waals surface area (Å²) in [6.45, 7) is 9.70. The van der Waals surface area contributed by atoms with E-state index < -0.39 is 120 Å². The summed E-state index contributed by atoms with van der Waals surface area (Å²) in [4.78, 5) is 34.5. The second-order valence-corrected chi connectivity index (χ2v) is 24.3. The molecule has 1 saturated carbocycles. The standard InChI is InChI=1S/C40H48N4O12S2Si/c1-28(45)55-39-37(46)33(41(26-29-17-9-7-10-18-29)57(51,52)35-23-15-13-21-31(35)43(47)48)25-34(38(39)56-59(5,6)40(2,3)4)42(27-30-19-11-8-12-20-30)58(53,54)36-24-16-14-22-32(36)44(49)50/h7-24,33-34,37-39,46H,25-27H2,1-6H3/t33-,34+,37+,38+,39+/m0/s1. The fourth-order valence-corrected chi connectivity index (χ4v) is 11.8. The zero-order valence-electron chi connectivity index (χ0n) is 33.4. The van der Waals surface area contributed by atoms with Crippen molar-refractivity contribution in [3.05, 3.63) is 141 Å². The first kappa shape index (κ1) is 45.2. The van der Waals surface area contributed by atoms with Crippen LogP contribution in [-0.2, 0) is 47.1 Å². The molecule has 0 aliphatic heterocycles. The van der Waals surface area contributed by atoms with Crippen molar-refractivity contribution in [3.63, 3.8) is 0 Å². The van der Waals surface area contributed by atoms with E-state index in [1.54, 1.807) is 60.7 Å². The number of hydrogen-bond acceptors (Lipinski definition) is 12. The number of ether oxygens (including phenoxy) is 1. The van der Waals surface area contributed by atoms with Gasteiger partial charge in [-0.05, 0) is 47.8 Å². The Morgan fingerprint density at radius 2 is 1.10 bits per heavy atom. The molecule has 1 aliphatic rings. The summed E-state index contributed by atoms with van der Waals surface area (Å²) in [5, 5.41) is 36.5. The molecule has 5 atom stereocenters. The number of carbonyl (C=O) groups excluding carboxylic acids is 1. The molecule has 0 saturated heterocycles. The maximum atomic E-state index is 15.2. The normalized spacial score (nSPS) is 20.3. The van der Waals surface area contributed by atoms with Gasteiger partial charge in [0.25, 0.3) is 31.4 Å². The van der Waals surface area contributed by atoms with Gasteiger partial charge in [0.15, 0.2) is 24.2 Å². The van der Waals surface area contributed by atoms with E-state index in [1.165, 1.54) is 24.3 Å². The van der Waals surface area contributed by atoms with Crippen LogP contribution in [-0.4, -0.2) is 85.1 Å². The Labute approximate surface area is 344 Å². The Morgan fingerprint density at radius 1 is 0.712 bits per heavy atom. The molecular formula is C40H48N4O12S2Si. The van der Waals surface area contributed by atoms with E-state index in [-0.39, 0.29) is 0 Å². The number of aliphatic hydroxyl groups excluding tert-OH is 1. The molecule has 0 radical (unpaired) electrons.